The molecule has 1 aromatic carbocycles. The van der Waals surface area contributed by atoms with Gasteiger partial charge in [-0.05, 0) is 30.5 Å². The van der Waals surface area contributed by atoms with Crippen LogP contribution < -0.4 is 0 Å². The number of likely N-dealkylation sites (tertiary alicyclic amines) is 1. The van der Waals surface area contributed by atoms with Gasteiger partial charge >= 0.3 is 5.97 Å². The van der Waals surface area contributed by atoms with Crippen molar-refractivity contribution in [2.75, 3.05) is 6.54 Å². The number of nitrogens with zero attached hydrogens (tertiary/aromatic N) is 2. The van der Waals surface area contributed by atoms with Crippen LogP contribution in [0.2, 0.25) is 0 Å². The van der Waals surface area contributed by atoms with E-state index in [2.05, 4.69) is 11.0 Å². The first kappa shape index (κ1) is 12.6. The standard InChI is InChI=1S/C14H16N2O2/c15-9-13-6-3-7-16(13)10-12-5-2-1-4-11(12)8-14(17)18/h1-2,4-5,13H,3,6-8,10H2,(H,17,18). The predicted molar refractivity (Wildman–Crippen MR) is 66.8 cm³/mol. The van der Waals surface area contributed by atoms with E-state index in [0.717, 1.165) is 30.5 Å². The molecule has 0 aliphatic carbocycles. The van der Waals surface area contributed by atoms with Crippen LogP contribution in [0.3, 0.4) is 0 Å². The third-order valence-corrected chi connectivity index (χ3v) is 3.35. The molecule has 0 spiro atoms. The van der Waals surface area contributed by atoms with Crippen LogP contribution in [0.4, 0.5) is 0 Å². The molecule has 0 saturated carbocycles. The third kappa shape index (κ3) is 2.88. The number of nitriles is 1. The molecule has 1 N–H and O–H groups in total. The van der Waals surface area contributed by atoms with E-state index < -0.39 is 5.97 Å². The molecule has 0 amide bonds. The lowest BCUT2D eigenvalue weighted by Gasteiger charge is -2.20. The average molecular weight is 244 g/mol. The molecule has 1 fully saturated rings. The molecular formula is C14H16N2O2. The molecule has 4 heteroatoms. The van der Waals surface area contributed by atoms with Crippen LogP contribution in [0.25, 0.3) is 0 Å². The lowest BCUT2D eigenvalue weighted by molar-refractivity contribution is -0.136. The number of carboxylic acids is 1. The molecule has 1 aliphatic rings. The number of rotatable bonds is 4. The molecular weight excluding hydrogens is 228 g/mol. The summed E-state index contributed by atoms with van der Waals surface area (Å²) in [7, 11) is 0. The van der Waals surface area contributed by atoms with E-state index in [1.807, 2.05) is 24.3 Å². The highest BCUT2D eigenvalue weighted by molar-refractivity contribution is 5.70. The second-order valence-electron chi connectivity index (χ2n) is 4.60. The molecule has 2 rings (SSSR count). The maximum Gasteiger partial charge on any atom is 0.307 e. The Bertz CT molecular complexity index is 479. The molecule has 18 heavy (non-hydrogen) atoms. The van der Waals surface area contributed by atoms with Crippen molar-refractivity contribution in [3.8, 4) is 6.07 Å². The summed E-state index contributed by atoms with van der Waals surface area (Å²) in [5.74, 6) is -0.819. The Hall–Kier alpha value is -1.86. The molecule has 1 heterocycles. The topological polar surface area (TPSA) is 64.3 Å². The van der Waals surface area contributed by atoms with E-state index in [4.69, 9.17) is 10.4 Å². The Labute approximate surface area is 106 Å². The fourth-order valence-corrected chi connectivity index (χ4v) is 2.43. The van der Waals surface area contributed by atoms with Crippen LogP contribution in [0, 0.1) is 11.3 Å². The molecule has 0 radical (unpaired) electrons. The fraction of sp³-hybridized carbons (Fsp3) is 0.429. The zero-order chi connectivity index (χ0) is 13.0. The lowest BCUT2D eigenvalue weighted by atomic mass is 10.0. The van der Waals surface area contributed by atoms with Gasteiger partial charge in [-0.25, -0.2) is 0 Å². The summed E-state index contributed by atoms with van der Waals surface area (Å²) in [6, 6.07) is 9.85. The highest BCUT2D eigenvalue weighted by Crippen LogP contribution is 2.21. The van der Waals surface area contributed by atoms with Crippen molar-refractivity contribution < 1.29 is 9.90 Å². The van der Waals surface area contributed by atoms with E-state index in [1.165, 1.54) is 0 Å². The van der Waals surface area contributed by atoms with E-state index in [0.29, 0.717) is 6.54 Å². The second kappa shape index (κ2) is 5.65. The maximum absolute atomic E-state index is 10.8. The van der Waals surface area contributed by atoms with Gasteiger partial charge in [0.15, 0.2) is 0 Å². The molecule has 94 valence electrons. The molecule has 1 aromatic rings. The quantitative estimate of drug-likeness (QED) is 0.877. The van der Waals surface area contributed by atoms with Gasteiger partial charge in [0.1, 0.15) is 0 Å². The maximum atomic E-state index is 10.8. The van der Waals surface area contributed by atoms with Crippen molar-refractivity contribution in [1.29, 1.82) is 5.26 Å². The van der Waals surface area contributed by atoms with Crippen molar-refractivity contribution in [2.45, 2.75) is 31.8 Å². The van der Waals surface area contributed by atoms with Gasteiger partial charge in [0.05, 0.1) is 18.5 Å². The number of hydrogen-bond acceptors (Lipinski definition) is 3. The SMILES string of the molecule is N#CC1CCCN1Cc1ccccc1CC(=O)O. The number of hydrogen-bond donors (Lipinski definition) is 1. The zero-order valence-corrected chi connectivity index (χ0v) is 10.2. The second-order valence-corrected chi connectivity index (χ2v) is 4.60. The lowest BCUT2D eigenvalue weighted by Crippen LogP contribution is -2.28. The van der Waals surface area contributed by atoms with Crippen molar-refractivity contribution in [3.05, 3.63) is 35.4 Å². The van der Waals surface area contributed by atoms with Crippen LogP contribution in [0.15, 0.2) is 24.3 Å². The first-order chi connectivity index (χ1) is 8.70. The Balaban J connectivity index is 2.13. The van der Waals surface area contributed by atoms with Gasteiger partial charge in [-0.1, -0.05) is 24.3 Å². The van der Waals surface area contributed by atoms with Crippen molar-refractivity contribution in [2.24, 2.45) is 0 Å². The van der Waals surface area contributed by atoms with Gasteiger partial charge in [-0.3, -0.25) is 9.69 Å². The van der Waals surface area contributed by atoms with Crippen molar-refractivity contribution in [3.63, 3.8) is 0 Å². The summed E-state index contributed by atoms with van der Waals surface area (Å²) >= 11 is 0. The van der Waals surface area contributed by atoms with Crippen LogP contribution in [-0.2, 0) is 17.8 Å². The first-order valence-corrected chi connectivity index (χ1v) is 6.13. The Morgan fingerprint density at radius 1 is 1.44 bits per heavy atom. The van der Waals surface area contributed by atoms with E-state index in [9.17, 15) is 4.79 Å². The zero-order valence-electron chi connectivity index (χ0n) is 10.2. The number of carboxylic acid groups (broad SMARTS) is 1. The average Bonchev–Trinajstić information content (AvgIpc) is 2.78. The molecule has 1 unspecified atom stereocenters. The minimum Gasteiger partial charge on any atom is -0.481 e. The molecule has 0 aromatic heterocycles. The number of benzene rings is 1. The van der Waals surface area contributed by atoms with Crippen molar-refractivity contribution >= 4 is 5.97 Å². The van der Waals surface area contributed by atoms with Gasteiger partial charge in [0, 0.05) is 6.54 Å². The molecule has 0 bridgehead atoms. The monoisotopic (exact) mass is 244 g/mol. The molecule has 1 atom stereocenters. The first-order valence-electron chi connectivity index (χ1n) is 6.13. The number of aliphatic carboxylic acids is 1. The van der Waals surface area contributed by atoms with E-state index >= 15 is 0 Å². The summed E-state index contributed by atoms with van der Waals surface area (Å²) in [4.78, 5) is 12.9. The fourth-order valence-electron chi connectivity index (χ4n) is 2.43. The minimum absolute atomic E-state index is 0.0251. The summed E-state index contributed by atoms with van der Waals surface area (Å²) in [5.41, 5.74) is 1.86. The largest absolute Gasteiger partial charge is 0.481 e. The predicted octanol–water partition coefficient (Wildman–Crippen LogP) is 1.80. The molecule has 1 aliphatic heterocycles. The number of carbonyl (C=O) groups is 1. The Kier molecular flexibility index (Phi) is 3.96. The highest BCUT2D eigenvalue weighted by atomic mass is 16.4. The summed E-state index contributed by atoms with van der Waals surface area (Å²) in [5, 5.41) is 17.9. The third-order valence-electron chi connectivity index (χ3n) is 3.35. The summed E-state index contributed by atoms with van der Waals surface area (Å²) < 4.78 is 0. The smallest absolute Gasteiger partial charge is 0.307 e. The van der Waals surface area contributed by atoms with Crippen LogP contribution in [0.5, 0.6) is 0 Å². The van der Waals surface area contributed by atoms with Crippen molar-refractivity contribution in [1.82, 2.24) is 4.90 Å². The summed E-state index contributed by atoms with van der Waals surface area (Å²) in [6.07, 6.45) is 2.00. The van der Waals surface area contributed by atoms with Gasteiger partial charge in [0.2, 0.25) is 0 Å². The van der Waals surface area contributed by atoms with E-state index in [-0.39, 0.29) is 12.5 Å². The van der Waals surface area contributed by atoms with Gasteiger partial charge in [0.25, 0.3) is 0 Å². The normalized spacial score (nSPS) is 19.6. The van der Waals surface area contributed by atoms with Gasteiger partial charge in [-0.2, -0.15) is 5.26 Å². The van der Waals surface area contributed by atoms with Crippen LogP contribution in [-0.4, -0.2) is 28.6 Å². The Morgan fingerprint density at radius 2 is 2.17 bits per heavy atom. The van der Waals surface area contributed by atoms with Crippen LogP contribution >= 0.6 is 0 Å². The molecule has 4 nitrogen and oxygen atoms in total. The minimum atomic E-state index is -0.819. The highest BCUT2D eigenvalue weighted by Gasteiger charge is 2.24. The van der Waals surface area contributed by atoms with E-state index in [1.54, 1.807) is 0 Å². The van der Waals surface area contributed by atoms with Gasteiger partial charge in [-0.15, -0.1) is 0 Å². The van der Waals surface area contributed by atoms with Gasteiger partial charge < -0.3 is 5.11 Å². The molecule has 1 saturated heterocycles. The summed E-state index contributed by atoms with van der Waals surface area (Å²) in [6.45, 7) is 1.58. The van der Waals surface area contributed by atoms with Crippen LogP contribution in [0.1, 0.15) is 24.0 Å². The Morgan fingerprint density at radius 3 is 2.83 bits per heavy atom.